The number of hydrogen-bond acceptors (Lipinski definition) is 5. The van der Waals surface area contributed by atoms with Crippen LogP contribution in [0.5, 0.6) is 0 Å². The molecular weight excluding hydrogens is 455 g/mol. The van der Waals surface area contributed by atoms with E-state index in [2.05, 4.69) is 13.8 Å². The summed E-state index contributed by atoms with van der Waals surface area (Å²) in [6.45, 7) is 4.47. The molecule has 0 aromatic heterocycles. The Morgan fingerprint density at radius 2 is 0.758 bits per heavy atom. The van der Waals surface area contributed by atoms with Gasteiger partial charge < -0.3 is 4.74 Å². The van der Waals surface area contributed by atoms with E-state index in [1.807, 2.05) is 0 Å². The number of esters is 2. The summed E-state index contributed by atoms with van der Waals surface area (Å²) in [5.74, 6) is -0.669. The summed E-state index contributed by atoms with van der Waals surface area (Å²) in [5.41, 5.74) is 0. The van der Waals surface area contributed by atoms with Gasteiger partial charge in [-0.2, -0.15) is 8.42 Å². The van der Waals surface area contributed by atoms with Crippen LogP contribution >= 0.6 is 0 Å². The fraction of sp³-hybridized carbons (Fsp3) is 0.917. The van der Waals surface area contributed by atoms with E-state index in [1.165, 1.54) is 89.9 Å². The monoisotopic (exact) mass is 504 g/mol. The van der Waals surface area contributed by atoms with Crippen LogP contribution in [-0.4, -0.2) is 59.0 Å². The first kappa shape index (κ1) is 37.6. The van der Waals surface area contributed by atoms with Gasteiger partial charge in [-0.3, -0.25) is 18.7 Å². The third-order valence-corrected chi connectivity index (χ3v) is 5.20. The zero-order chi connectivity index (χ0) is 24.5. The minimum absolute atomic E-state index is 0. The molecule has 0 aliphatic carbocycles. The molecule has 0 radical (unpaired) electrons. The molecule has 194 valence electrons. The van der Waals surface area contributed by atoms with E-state index in [1.54, 1.807) is 0 Å². The van der Waals surface area contributed by atoms with E-state index >= 15 is 0 Å². The number of hydrogen-bond donors (Lipinski definition) is 2. The molecule has 0 amide bonds. The number of carbonyl (C=O) groups excluding carboxylic acids is 2. The molecule has 0 aromatic rings. The van der Waals surface area contributed by atoms with Gasteiger partial charge >= 0.3 is 51.9 Å². The number of unbranched alkanes of at least 4 members (excludes halogenated alkanes) is 16. The molecule has 0 spiro atoms. The van der Waals surface area contributed by atoms with E-state index in [0.717, 1.165) is 25.7 Å². The van der Waals surface area contributed by atoms with Crippen LogP contribution < -0.4 is 0 Å². The summed E-state index contributed by atoms with van der Waals surface area (Å²) in [4.78, 5) is 23.4. The minimum atomic E-state index is -4.67. The van der Waals surface area contributed by atoms with Gasteiger partial charge in [0.05, 0.1) is 0 Å². The Balaban J connectivity index is -0.00000134. The van der Waals surface area contributed by atoms with Crippen LogP contribution in [0.25, 0.3) is 0 Å². The second-order valence-corrected chi connectivity index (χ2v) is 9.35. The molecule has 0 aliphatic heterocycles. The average Bonchev–Trinajstić information content (AvgIpc) is 2.70. The summed E-state index contributed by atoms with van der Waals surface area (Å²) in [5, 5.41) is 0. The third-order valence-electron chi connectivity index (χ3n) is 5.20. The number of rotatable bonds is 20. The van der Waals surface area contributed by atoms with Gasteiger partial charge in [0, 0.05) is 12.8 Å². The second kappa shape index (κ2) is 28.2. The molecule has 0 atom stereocenters. The SMILES string of the molecule is CCCCCCCCCCCC(=O)OC(=O)CCCCCCCCCCC.O=S(=O)(O)O.[NaH]. The van der Waals surface area contributed by atoms with Crippen LogP contribution in [0.3, 0.4) is 0 Å². The Kier molecular flexibility index (Phi) is 32.1. The summed E-state index contributed by atoms with van der Waals surface area (Å²) < 4.78 is 36.5. The zero-order valence-corrected chi connectivity index (χ0v) is 21.3. The maximum absolute atomic E-state index is 11.7. The molecule has 0 saturated carbocycles. The molecule has 0 rings (SSSR count). The van der Waals surface area contributed by atoms with Crippen molar-refractivity contribution in [1.82, 2.24) is 0 Å². The number of carbonyl (C=O) groups is 2. The third kappa shape index (κ3) is 42.6. The van der Waals surface area contributed by atoms with Crippen molar-refractivity contribution in [2.45, 2.75) is 142 Å². The van der Waals surface area contributed by atoms with Crippen LogP contribution in [-0.2, 0) is 24.7 Å². The maximum atomic E-state index is 11.7. The van der Waals surface area contributed by atoms with Crippen LogP contribution in [0.1, 0.15) is 142 Å². The summed E-state index contributed by atoms with van der Waals surface area (Å²) in [6, 6.07) is 0. The predicted molar refractivity (Wildman–Crippen MR) is 136 cm³/mol. The van der Waals surface area contributed by atoms with E-state index in [9.17, 15) is 9.59 Å². The molecule has 0 unspecified atom stereocenters. The Morgan fingerprint density at radius 1 is 0.545 bits per heavy atom. The number of ether oxygens (including phenoxy) is 1. The fourth-order valence-electron chi connectivity index (χ4n) is 3.39. The van der Waals surface area contributed by atoms with Crippen molar-refractivity contribution in [2.24, 2.45) is 0 Å². The van der Waals surface area contributed by atoms with Gasteiger partial charge in [-0.25, -0.2) is 0 Å². The molecule has 0 bridgehead atoms. The summed E-state index contributed by atoms with van der Waals surface area (Å²) >= 11 is 0. The van der Waals surface area contributed by atoms with Crippen molar-refractivity contribution in [1.29, 1.82) is 0 Å². The van der Waals surface area contributed by atoms with Crippen molar-refractivity contribution in [3.63, 3.8) is 0 Å². The van der Waals surface area contributed by atoms with Gasteiger partial charge in [0.25, 0.3) is 0 Å². The molecular formula is C24H49NaO7S. The first-order valence-corrected chi connectivity index (χ1v) is 14.0. The molecule has 0 aromatic carbocycles. The molecule has 2 N–H and O–H groups in total. The average molecular weight is 505 g/mol. The first-order valence-electron chi connectivity index (χ1n) is 12.6. The zero-order valence-electron chi connectivity index (χ0n) is 20.5. The first-order chi connectivity index (χ1) is 15.2. The van der Waals surface area contributed by atoms with E-state index in [0.29, 0.717) is 12.8 Å². The van der Waals surface area contributed by atoms with Gasteiger partial charge in [-0.05, 0) is 12.8 Å². The second-order valence-electron chi connectivity index (χ2n) is 8.45. The van der Waals surface area contributed by atoms with E-state index in [4.69, 9.17) is 22.3 Å². The van der Waals surface area contributed by atoms with Gasteiger partial charge in [-0.15, -0.1) is 0 Å². The topological polar surface area (TPSA) is 118 Å². The van der Waals surface area contributed by atoms with E-state index < -0.39 is 10.4 Å². The van der Waals surface area contributed by atoms with Crippen molar-refractivity contribution in [2.75, 3.05) is 0 Å². The van der Waals surface area contributed by atoms with Gasteiger partial charge in [0.15, 0.2) is 0 Å². The van der Waals surface area contributed by atoms with Crippen LogP contribution in [0.15, 0.2) is 0 Å². The summed E-state index contributed by atoms with van der Waals surface area (Å²) in [7, 11) is -4.67. The summed E-state index contributed by atoms with van der Waals surface area (Å²) in [6.07, 6.45) is 22.8. The van der Waals surface area contributed by atoms with Gasteiger partial charge in [-0.1, -0.05) is 117 Å². The van der Waals surface area contributed by atoms with Crippen LogP contribution in [0.4, 0.5) is 0 Å². The Bertz CT molecular complexity index is 499. The van der Waals surface area contributed by atoms with Gasteiger partial charge in [0.1, 0.15) is 0 Å². The normalized spacial score (nSPS) is 10.7. The van der Waals surface area contributed by atoms with Crippen molar-refractivity contribution in [3.05, 3.63) is 0 Å². The van der Waals surface area contributed by atoms with Gasteiger partial charge in [0.2, 0.25) is 0 Å². The Labute approximate surface area is 225 Å². The van der Waals surface area contributed by atoms with Crippen LogP contribution in [0, 0.1) is 0 Å². The molecule has 0 fully saturated rings. The van der Waals surface area contributed by atoms with Crippen molar-refractivity contribution < 1.29 is 31.8 Å². The molecule has 0 heterocycles. The fourth-order valence-corrected chi connectivity index (χ4v) is 3.39. The molecule has 33 heavy (non-hydrogen) atoms. The Hall–Kier alpha value is 0.01000. The standard InChI is InChI=1S/C24H46O3.Na.H2O4S.H/c1-3-5-7-9-11-13-15-17-19-21-23(25)27-24(26)22-20-18-16-14-12-10-8-6-4-2;;1-5(2,3)4;/h3-22H2,1-2H3;;(H2,1,2,3,4);. The van der Waals surface area contributed by atoms with E-state index in [-0.39, 0.29) is 41.5 Å². The van der Waals surface area contributed by atoms with Crippen molar-refractivity contribution >= 4 is 51.9 Å². The molecule has 9 heteroatoms. The van der Waals surface area contributed by atoms with Crippen LogP contribution in [0.2, 0.25) is 0 Å². The molecule has 0 aliphatic rings. The molecule has 7 nitrogen and oxygen atoms in total. The molecule has 0 saturated heterocycles. The van der Waals surface area contributed by atoms with Crippen molar-refractivity contribution in [3.8, 4) is 0 Å². The Morgan fingerprint density at radius 3 is 1.00 bits per heavy atom. The predicted octanol–water partition coefficient (Wildman–Crippen LogP) is 6.60. The quantitative estimate of drug-likeness (QED) is 0.0630.